The van der Waals surface area contributed by atoms with Crippen molar-refractivity contribution in [2.45, 2.75) is 9.79 Å². The van der Waals surface area contributed by atoms with E-state index in [4.69, 9.17) is 4.42 Å². The van der Waals surface area contributed by atoms with Gasteiger partial charge in [-0.3, -0.25) is 14.4 Å². The van der Waals surface area contributed by atoms with E-state index in [1.807, 2.05) is 0 Å². The predicted octanol–water partition coefficient (Wildman–Crippen LogP) is 2.42. The number of benzene rings is 3. The Morgan fingerprint density at radius 3 is 2.30 bits per heavy atom. The number of aromatic nitrogens is 1. The molecule has 0 amide bonds. The third kappa shape index (κ3) is 4.58. The topological polar surface area (TPSA) is 176 Å². The van der Waals surface area contributed by atoms with Crippen molar-refractivity contribution >= 4 is 48.5 Å². The van der Waals surface area contributed by atoms with Gasteiger partial charge in [0, 0.05) is 6.07 Å². The quantitative estimate of drug-likeness (QED) is 0.306. The summed E-state index contributed by atoms with van der Waals surface area (Å²) in [6.07, 6.45) is 0. The van der Waals surface area contributed by atoms with Gasteiger partial charge in [0.05, 0.1) is 32.2 Å². The summed E-state index contributed by atoms with van der Waals surface area (Å²) in [5.41, 5.74) is -0.0812. The third-order valence-electron chi connectivity index (χ3n) is 4.50. The molecule has 0 aliphatic carbocycles. The molecule has 0 spiro atoms. The van der Waals surface area contributed by atoms with Crippen LogP contribution in [0.15, 0.2) is 85.7 Å². The molecule has 0 unspecified atom stereocenters. The zero-order valence-corrected chi connectivity index (χ0v) is 18.1. The Morgan fingerprint density at radius 1 is 0.848 bits per heavy atom. The maximum atomic E-state index is 12.8. The molecule has 0 saturated heterocycles. The molecule has 170 valence electrons. The molecule has 4 aromatic rings. The highest BCUT2D eigenvalue weighted by Gasteiger charge is 2.21. The van der Waals surface area contributed by atoms with Gasteiger partial charge < -0.3 is 9.52 Å². The van der Waals surface area contributed by atoms with Crippen LogP contribution >= 0.6 is 0 Å². The number of carboxylic acids is 1. The third-order valence-corrected chi connectivity index (χ3v) is 7.24. The number of rotatable bonds is 7. The molecular formula is C20H15N3O8S2. The van der Waals surface area contributed by atoms with Gasteiger partial charge in [-0.1, -0.05) is 18.2 Å². The summed E-state index contributed by atoms with van der Waals surface area (Å²) in [7, 11) is -8.39. The molecule has 0 atom stereocenters. The van der Waals surface area contributed by atoms with E-state index in [1.54, 1.807) is 0 Å². The second kappa shape index (κ2) is 8.11. The van der Waals surface area contributed by atoms with Crippen LogP contribution in [0.25, 0.3) is 11.1 Å². The Balaban J connectivity index is 1.63. The average molecular weight is 489 g/mol. The number of carboxylic acid groups (broad SMARTS) is 1. The number of hydrogen-bond acceptors (Lipinski definition) is 7. The fourth-order valence-corrected chi connectivity index (χ4v) is 5.19. The molecule has 1 heterocycles. The van der Waals surface area contributed by atoms with Crippen molar-refractivity contribution in [1.29, 1.82) is 0 Å². The van der Waals surface area contributed by atoms with Gasteiger partial charge in [-0.05, 0) is 42.5 Å². The molecule has 11 nitrogen and oxygen atoms in total. The highest BCUT2D eigenvalue weighted by atomic mass is 32.2. The van der Waals surface area contributed by atoms with Crippen LogP contribution in [0.4, 0.5) is 11.4 Å². The van der Waals surface area contributed by atoms with Gasteiger partial charge in [-0.2, -0.15) is 0 Å². The highest BCUT2D eigenvalue weighted by molar-refractivity contribution is 7.93. The second-order valence-electron chi connectivity index (χ2n) is 6.76. The Morgan fingerprint density at radius 2 is 1.55 bits per heavy atom. The molecule has 0 saturated carbocycles. The summed E-state index contributed by atoms with van der Waals surface area (Å²) in [5, 5.41) is 9.24. The van der Waals surface area contributed by atoms with Crippen molar-refractivity contribution in [1.82, 2.24) is 4.98 Å². The van der Waals surface area contributed by atoms with E-state index in [9.17, 15) is 31.5 Å². The standard InChI is InChI=1S/C20H15N3O8S2/c24-19(25)15-6-1-2-7-16(15)23-33(29,30)13-5-3-4-12(10-13)22-32(27,28)14-8-9-17-18(11-14)31-20(26)21-17/h1-11,22-23H,(H,21,26)(H,24,25). The van der Waals surface area contributed by atoms with Gasteiger partial charge in [0.1, 0.15) is 0 Å². The molecule has 4 N–H and O–H groups in total. The molecule has 0 aliphatic heterocycles. The summed E-state index contributed by atoms with van der Waals surface area (Å²) in [4.78, 5) is 24.5. The Hall–Kier alpha value is -4.10. The van der Waals surface area contributed by atoms with E-state index >= 15 is 0 Å². The van der Waals surface area contributed by atoms with E-state index in [1.165, 1.54) is 54.6 Å². The first kappa shape index (κ1) is 22.1. The summed E-state index contributed by atoms with van der Waals surface area (Å²) < 4.78 is 60.4. The van der Waals surface area contributed by atoms with Crippen molar-refractivity contribution < 1.29 is 31.2 Å². The number of H-pyrrole nitrogens is 1. The largest absolute Gasteiger partial charge is 0.478 e. The van der Waals surface area contributed by atoms with Gasteiger partial charge in [0.25, 0.3) is 20.0 Å². The summed E-state index contributed by atoms with van der Waals surface area (Å²) >= 11 is 0. The molecule has 0 fully saturated rings. The van der Waals surface area contributed by atoms with Crippen molar-refractivity contribution in [3.8, 4) is 0 Å². The molecule has 3 aromatic carbocycles. The number of aromatic amines is 1. The molecule has 0 bridgehead atoms. The lowest BCUT2D eigenvalue weighted by atomic mass is 10.2. The second-order valence-corrected chi connectivity index (χ2v) is 10.1. The molecule has 13 heteroatoms. The molecular weight excluding hydrogens is 474 g/mol. The fraction of sp³-hybridized carbons (Fsp3) is 0. The van der Waals surface area contributed by atoms with E-state index in [0.717, 1.165) is 12.1 Å². The Kier molecular flexibility index (Phi) is 5.43. The first-order chi connectivity index (χ1) is 15.5. The number of oxazole rings is 1. The molecule has 0 radical (unpaired) electrons. The van der Waals surface area contributed by atoms with Gasteiger partial charge in [-0.25, -0.2) is 26.4 Å². The number of hydrogen-bond donors (Lipinski definition) is 4. The number of carbonyl (C=O) groups is 1. The minimum Gasteiger partial charge on any atom is -0.478 e. The Labute approximate surface area is 186 Å². The molecule has 0 aliphatic rings. The van der Waals surface area contributed by atoms with Crippen LogP contribution in [0.5, 0.6) is 0 Å². The van der Waals surface area contributed by atoms with Crippen molar-refractivity contribution in [3.05, 3.63) is 82.8 Å². The fourth-order valence-electron chi connectivity index (χ4n) is 3.00. The zero-order chi connectivity index (χ0) is 23.8. The number of fused-ring (bicyclic) bond motifs is 1. The Bertz CT molecular complexity index is 1650. The molecule has 33 heavy (non-hydrogen) atoms. The lowest BCUT2D eigenvalue weighted by molar-refractivity contribution is 0.0698. The number of sulfonamides is 2. The zero-order valence-electron chi connectivity index (χ0n) is 16.5. The van der Waals surface area contributed by atoms with Crippen molar-refractivity contribution in [2.24, 2.45) is 0 Å². The SMILES string of the molecule is O=C(O)c1ccccc1NS(=O)(=O)c1cccc(NS(=O)(=O)c2ccc3[nH]c(=O)oc3c2)c1. The van der Waals surface area contributed by atoms with Crippen molar-refractivity contribution in [3.63, 3.8) is 0 Å². The first-order valence-corrected chi connectivity index (χ1v) is 12.1. The number of nitrogens with one attached hydrogen (secondary N) is 3. The molecule has 1 aromatic heterocycles. The maximum absolute atomic E-state index is 12.8. The van der Waals surface area contributed by atoms with Crippen LogP contribution in [0.3, 0.4) is 0 Å². The van der Waals surface area contributed by atoms with E-state index < -0.39 is 31.8 Å². The van der Waals surface area contributed by atoms with Gasteiger partial charge in [0.2, 0.25) is 0 Å². The number of anilines is 2. The normalized spacial score (nSPS) is 11.9. The van der Waals surface area contributed by atoms with Crippen LogP contribution in [-0.2, 0) is 20.0 Å². The minimum absolute atomic E-state index is 0.0421. The lowest BCUT2D eigenvalue weighted by Gasteiger charge is -2.12. The summed E-state index contributed by atoms with van der Waals surface area (Å²) in [6, 6.07) is 14.2. The lowest BCUT2D eigenvalue weighted by Crippen LogP contribution is -2.17. The van der Waals surface area contributed by atoms with E-state index in [-0.39, 0.29) is 32.3 Å². The predicted molar refractivity (Wildman–Crippen MR) is 118 cm³/mol. The summed E-state index contributed by atoms with van der Waals surface area (Å²) in [5.74, 6) is -2.05. The minimum atomic E-state index is -4.24. The van der Waals surface area contributed by atoms with E-state index in [2.05, 4.69) is 14.4 Å². The smallest absolute Gasteiger partial charge is 0.417 e. The first-order valence-electron chi connectivity index (χ1n) is 9.16. The van der Waals surface area contributed by atoms with Crippen LogP contribution < -0.4 is 15.2 Å². The van der Waals surface area contributed by atoms with Gasteiger partial charge >= 0.3 is 11.7 Å². The monoisotopic (exact) mass is 489 g/mol. The van der Waals surface area contributed by atoms with Crippen LogP contribution in [0, 0.1) is 0 Å². The van der Waals surface area contributed by atoms with Gasteiger partial charge in [-0.15, -0.1) is 0 Å². The van der Waals surface area contributed by atoms with Crippen LogP contribution in [0.2, 0.25) is 0 Å². The van der Waals surface area contributed by atoms with E-state index in [0.29, 0.717) is 5.52 Å². The van der Waals surface area contributed by atoms with Gasteiger partial charge in [0.15, 0.2) is 5.58 Å². The highest BCUT2D eigenvalue weighted by Crippen LogP contribution is 2.24. The molecule has 4 rings (SSSR count). The number of para-hydroxylation sites is 1. The average Bonchev–Trinajstić information content (AvgIpc) is 3.13. The van der Waals surface area contributed by atoms with Crippen LogP contribution in [-0.4, -0.2) is 32.9 Å². The maximum Gasteiger partial charge on any atom is 0.417 e. The summed E-state index contributed by atoms with van der Waals surface area (Å²) in [6.45, 7) is 0. The van der Waals surface area contributed by atoms with Crippen LogP contribution in [0.1, 0.15) is 10.4 Å². The number of aromatic carboxylic acids is 1. The van der Waals surface area contributed by atoms with Crippen molar-refractivity contribution in [2.75, 3.05) is 9.44 Å².